The zero-order chi connectivity index (χ0) is 13.2. The van der Waals surface area contributed by atoms with Gasteiger partial charge < -0.3 is 15.0 Å². The van der Waals surface area contributed by atoms with Crippen molar-refractivity contribution in [2.45, 2.75) is 18.9 Å². The summed E-state index contributed by atoms with van der Waals surface area (Å²) in [5.41, 5.74) is 2.29. The number of hydrogen-bond acceptors (Lipinski definition) is 4. The van der Waals surface area contributed by atoms with Crippen LogP contribution >= 0.6 is 0 Å². The van der Waals surface area contributed by atoms with Crippen LogP contribution in [0.15, 0.2) is 18.2 Å². The Morgan fingerprint density at radius 2 is 2.42 bits per heavy atom. The smallest absolute Gasteiger partial charge is 0.243 e. The quantitative estimate of drug-likeness (QED) is 0.872. The van der Waals surface area contributed by atoms with Crippen LogP contribution in [0.3, 0.4) is 0 Å². The van der Waals surface area contributed by atoms with E-state index >= 15 is 0 Å². The summed E-state index contributed by atoms with van der Waals surface area (Å²) < 4.78 is 5.62. The summed E-state index contributed by atoms with van der Waals surface area (Å²) >= 11 is 0. The lowest BCUT2D eigenvalue weighted by Gasteiger charge is -2.32. The third-order valence-corrected chi connectivity index (χ3v) is 3.52. The summed E-state index contributed by atoms with van der Waals surface area (Å²) in [5.74, 6) is -0.0183. The van der Waals surface area contributed by atoms with E-state index in [1.54, 1.807) is 12.1 Å². The molecule has 2 aliphatic rings. The average molecular weight is 257 g/mol. The summed E-state index contributed by atoms with van der Waals surface area (Å²) in [4.78, 5) is 13.7. The van der Waals surface area contributed by atoms with E-state index in [-0.39, 0.29) is 12.0 Å². The molecule has 19 heavy (non-hydrogen) atoms. The zero-order valence-electron chi connectivity index (χ0n) is 10.6. The molecule has 5 nitrogen and oxygen atoms in total. The van der Waals surface area contributed by atoms with Crippen molar-refractivity contribution in [3.05, 3.63) is 23.8 Å². The predicted molar refractivity (Wildman–Crippen MR) is 71.0 cm³/mol. The molecule has 0 saturated carbocycles. The Kier molecular flexibility index (Phi) is 3.10. The van der Waals surface area contributed by atoms with Gasteiger partial charge in [-0.05, 0) is 31.0 Å². The maximum atomic E-state index is 11.7. The largest absolute Gasteiger partial charge is 0.376 e. The molecule has 0 radical (unpaired) electrons. The van der Waals surface area contributed by atoms with Gasteiger partial charge >= 0.3 is 0 Å². The van der Waals surface area contributed by atoms with Gasteiger partial charge in [0.25, 0.3) is 0 Å². The Morgan fingerprint density at radius 1 is 1.53 bits per heavy atom. The molecule has 2 heterocycles. The van der Waals surface area contributed by atoms with E-state index in [1.165, 1.54) is 0 Å². The number of carbonyl (C=O) groups is 1. The fourth-order valence-corrected chi connectivity index (χ4v) is 2.61. The first-order chi connectivity index (χ1) is 9.26. The lowest BCUT2D eigenvalue weighted by atomic mass is 10.1. The minimum Gasteiger partial charge on any atom is -0.376 e. The number of amides is 1. The van der Waals surface area contributed by atoms with Gasteiger partial charge in [0.15, 0.2) is 0 Å². The first kappa shape index (κ1) is 12.0. The van der Waals surface area contributed by atoms with Crippen LogP contribution in [0.1, 0.15) is 18.4 Å². The maximum Gasteiger partial charge on any atom is 0.243 e. The third-order valence-electron chi connectivity index (χ3n) is 3.52. The highest BCUT2D eigenvalue weighted by Crippen LogP contribution is 2.31. The topological polar surface area (TPSA) is 65.4 Å². The molecule has 1 unspecified atom stereocenters. The number of nitrogens with zero attached hydrogens (tertiary/aromatic N) is 2. The van der Waals surface area contributed by atoms with Crippen molar-refractivity contribution in [3.63, 3.8) is 0 Å². The Labute approximate surface area is 111 Å². The van der Waals surface area contributed by atoms with Crippen molar-refractivity contribution in [1.82, 2.24) is 0 Å². The molecule has 0 aliphatic carbocycles. The van der Waals surface area contributed by atoms with E-state index in [9.17, 15) is 4.79 Å². The molecule has 1 atom stereocenters. The standard InChI is InChI=1S/C14H15N3O2/c15-7-10-3-4-12-13(6-10)17(9-14(18)16-12)8-11-2-1-5-19-11/h3-4,6,11H,1-2,5,8-9H2,(H,16,18). The molecular formula is C14H15N3O2. The zero-order valence-corrected chi connectivity index (χ0v) is 10.6. The first-order valence-corrected chi connectivity index (χ1v) is 6.47. The number of ether oxygens (including phenoxy) is 1. The second-order valence-electron chi connectivity index (χ2n) is 4.91. The van der Waals surface area contributed by atoms with Crippen LogP contribution < -0.4 is 10.2 Å². The van der Waals surface area contributed by atoms with Crippen molar-refractivity contribution in [2.75, 3.05) is 29.9 Å². The number of fused-ring (bicyclic) bond motifs is 1. The van der Waals surface area contributed by atoms with Crippen LogP contribution in [0.4, 0.5) is 11.4 Å². The van der Waals surface area contributed by atoms with E-state index in [0.29, 0.717) is 18.7 Å². The van der Waals surface area contributed by atoms with Gasteiger partial charge in [0.1, 0.15) is 0 Å². The summed E-state index contributed by atoms with van der Waals surface area (Å²) in [6, 6.07) is 7.46. The minimum atomic E-state index is -0.0183. The Morgan fingerprint density at radius 3 is 3.16 bits per heavy atom. The van der Waals surface area contributed by atoms with Crippen molar-refractivity contribution in [3.8, 4) is 6.07 Å². The Balaban J connectivity index is 1.88. The van der Waals surface area contributed by atoms with Gasteiger partial charge in [0.2, 0.25) is 5.91 Å². The van der Waals surface area contributed by atoms with Crippen LogP contribution in [-0.4, -0.2) is 31.7 Å². The molecule has 2 aliphatic heterocycles. The van der Waals surface area contributed by atoms with E-state index in [4.69, 9.17) is 10.00 Å². The number of anilines is 2. The number of hydrogen-bond donors (Lipinski definition) is 1. The molecular weight excluding hydrogens is 242 g/mol. The summed E-state index contributed by atoms with van der Waals surface area (Å²) in [5, 5.41) is 11.8. The lowest BCUT2D eigenvalue weighted by molar-refractivity contribution is -0.115. The number of benzene rings is 1. The molecule has 1 amide bonds. The van der Waals surface area contributed by atoms with Gasteiger partial charge in [-0.3, -0.25) is 4.79 Å². The van der Waals surface area contributed by atoms with Crippen molar-refractivity contribution < 1.29 is 9.53 Å². The van der Waals surface area contributed by atoms with Crippen LogP contribution in [0.25, 0.3) is 0 Å². The van der Waals surface area contributed by atoms with E-state index < -0.39 is 0 Å². The van der Waals surface area contributed by atoms with Gasteiger partial charge in [0, 0.05) is 13.2 Å². The van der Waals surface area contributed by atoms with Gasteiger partial charge in [-0.25, -0.2) is 0 Å². The number of nitriles is 1. The second kappa shape index (κ2) is 4.90. The highest BCUT2D eigenvalue weighted by molar-refractivity contribution is 6.01. The Bertz CT molecular complexity index is 544. The van der Waals surface area contributed by atoms with Crippen LogP contribution in [0, 0.1) is 11.3 Å². The normalized spacial score (nSPS) is 21.7. The molecule has 98 valence electrons. The molecule has 0 spiro atoms. The molecule has 1 aromatic rings. The highest BCUT2D eigenvalue weighted by Gasteiger charge is 2.26. The monoisotopic (exact) mass is 257 g/mol. The van der Waals surface area contributed by atoms with Crippen LogP contribution in [0.5, 0.6) is 0 Å². The second-order valence-corrected chi connectivity index (χ2v) is 4.91. The number of rotatable bonds is 2. The third kappa shape index (κ3) is 2.40. The molecule has 1 N–H and O–H groups in total. The molecule has 1 fully saturated rings. The predicted octanol–water partition coefficient (Wildman–Crippen LogP) is 1.50. The summed E-state index contributed by atoms with van der Waals surface area (Å²) in [6.07, 6.45) is 2.30. The molecule has 0 bridgehead atoms. The summed E-state index contributed by atoms with van der Waals surface area (Å²) in [7, 11) is 0. The minimum absolute atomic E-state index is 0.0183. The molecule has 3 rings (SSSR count). The molecule has 0 aromatic heterocycles. The van der Waals surface area contributed by atoms with Crippen molar-refractivity contribution in [2.24, 2.45) is 0 Å². The fourth-order valence-electron chi connectivity index (χ4n) is 2.61. The van der Waals surface area contributed by atoms with Gasteiger partial charge in [0.05, 0.1) is 35.7 Å². The summed E-state index contributed by atoms with van der Waals surface area (Å²) in [6.45, 7) is 1.83. The van der Waals surface area contributed by atoms with Gasteiger partial charge in [-0.1, -0.05) is 0 Å². The van der Waals surface area contributed by atoms with Gasteiger partial charge in [-0.15, -0.1) is 0 Å². The Hall–Kier alpha value is -2.06. The van der Waals surface area contributed by atoms with E-state index in [0.717, 1.165) is 30.8 Å². The highest BCUT2D eigenvalue weighted by atomic mass is 16.5. The number of nitrogens with one attached hydrogen (secondary N) is 1. The fraction of sp³-hybridized carbons (Fsp3) is 0.429. The van der Waals surface area contributed by atoms with E-state index in [1.807, 2.05) is 11.0 Å². The van der Waals surface area contributed by atoms with Crippen LogP contribution in [0.2, 0.25) is 0 Å². The van der Waals surface area contributed by atoms with Crippen molar-refractivity contribution >= 4 is 17.3 Å². The molecule has 1 aromatic carbocycles. The molecule has 1 saturated heterocycles. The SMILES string of the molecule is N#Cc1ccc2c(c1)N(CC1CCCO1)CC(=O)N2. The first-order valence-electron chi connectivity index (χ1n) is 6.47. The maximum absolute atomic E-state index is 11.7. The lowest BCUT2D eigenvalue weighted by Crippen LogP contribution is -2.42. The number of carbonyl (C=O) groups excluding carboxylic acids is 1. The average Bonchev–Trinajstić information content (AvgIpc) is 2.91. The molecule has 5 heteroatoms. The van der Waals surface area contributed by atoms with Gasteiger partial charge in [-0.2, -0.15) is 5.26 Å². The van der Waals surface area contributed by atoms with Crippen LogP contribution in [-0.2, 0) is 9.53 Å². The van der Waals surface area contributed by atoms with Crippen molar-refractivity contribution in [1.29, 1.82) is 5.26 Å². The van der Waals surface area contributed by atoms with E-state index in [2.05, 4.69) is 11.4 Å².